The zero-order valence-corrected chi connectivity index (χ0v) is 17.5. The van der Waals surface area contributed by atoms with Crippen LogP contribution in [0.2, 0.25) is 0 Å². The zero-order chi connectivity index (χ0) is 21.8. The van der Waals surface area contributed by atoms with Gasteiger partial charge in [0.15, 0.2) is 5.82 Å². The molecule has 2 heterocycles. The van der Waals surface area contributed by atoms with E-state index in [1.165, 1.54) is 17.4 Å². The summed E-state index contributed by atoms with van der Waals surface area (Å²) in [5, 5.41) is 6.38. The van der Waals surface area contributed by atoms with E-state index in [1.807, 2.05) is 23.6 Å². The van der Waals surface area contributed by atoms with Crippen molar-refractivity contribution >= 4 is 23.2 Å². The smallest absolute Gasteiger partial charge is 0.211 e. The van der Waals surface area contributed by atoms with Gasteiger partial charge in [-0.2, -0.15) is 5.10 Å². The summed E-state index contributed by atoms with van der Waals surface area (Å²) in [7, 11) is 3.15. The van der Waals surface area contributed by atoms with Gasteiger partial charge < -0.3 is 14.5 Å². The van der Waals surface area contributed by atoms with Crippen molar-refractivity contribution in [3.8, 4) is 22.8 Å². The minimum absolute atomic E-state index is 0.0104. The fraction of sp³-hybridized carbons (Fsp3) is 0.0909. The third kappa shape index (κ3) is 4.41. The number of aromatic amines is 1. The Balaban J connectivity index is 1.92. The van der Waals surface area contributed by atoms with Gasteiger partial charge in [0.25, 0.3) is 0 Å². The van der Waals surface area contributed by atoms with Gasteiger partial charge in [0.05, 0.1) is 31.8 Å². The standard InChI is InChI=1S/C22H18F2N4O2S/c1-29-16-6-8-21(30-2)17(11-16)20-13-31-22(27-19-7-5-14(23)10-18(19)24)28(20)26-12-15-4-3-9-25-15/h3-13,25H,1-2H3. The molecule has 1 N–H and O–H groups in total. The molecule has 2 aromatic heterocycles. The maximum absolute atomic E-state index is 14.2. The summed E-state index contributed by atoms with van der Waals surface area (Å²) >= 11 is 1.26. The summed E-state index contributed by atoms with van der Waals surface area (Å²) in [6.07, 6.45) is 3.41. The van der Waals surface area contributed by atoms with Crippen molar-refractivity contribution in [2.45, 2.75) is 0 Å². The number of halogens is 2. The quantitative estimate of drug-likeness (QED) is 0.431. The second kappa shape index (κ2) is 8.97. The number of hydrogen-bond acceptors (Lipinski definition) is 5. The monoisotopic (exact) mass is 440 g/mol. The van der Waals surface area contributed by atoms with Gasteiger partial charge in [-0.05, 0) is 42.5 Å². The van der Waals surface area contributed by atoms with Crippen molar-refractivity contribution in [2.75, 3.05) is 14.2 Å². The Bertz CT molecular complexity index is 1290. The van der Waals surface area contributed by atoms with Gasteiger partial charge in [-0.3, -0.25) is 0 Å². The van der Waals surface area contributed by atoms with E-state index in [0.717, 1.165) is 23.4 Å². The Hall–Kier alpha value is -3.72. The third-order valence-corrected chi connectivity index (χ3v) is 5.24. The van der Waals surface area contributed by atoms with Crippen LogP contribution in [0, 0.1) is 11.6 Å². The lowest BCUT2D eigenvalue weighted by atomic mass is 10.1. The van der Waals surface area contributed by atoms with Crippen LogP contribution in [0.3, 0.4) is 0 Å². The van der Waals surface area contributed by atoms with E-state index >= 15 is 0 Å². The first-order valence-electron chi connectivity index (χ1n) is 9.19. The van der Waals surface area contributed by atoms with E-state index in [4.69, 9.17) is 9.47 Å². The maximum atomic E-state index is 14.2. The van der Waals surface area contributed by atoms with Crippen molar-refractivity contribution in [1.29, 1.82) is 0 Å². The average molecular weight is 440 g/mol. The molecular formula is C22H18F2N4O2S. The van der Waals surface area contributed by atoms with Gasteiger partial charge in [0.1, 0.15) is 23.0 Å². The Kier molecular flexibility index (Phi) is 5.94. The van der Waals surface area contributed by atoms with Crippen molar-refractivity contribution in [3.63, 3.8) is 0 Å². The number of rotatable bonds is 6. The van der Waals surface area contributed by atoms with Crippen LogP contribution in [0.25, 0.3) is 11.3 Å². The Labute approximate surface area is 180 Å². The summed E-state index contributed by atoms with van der Waals surface area (Å²) in [6, 6.07) is 12.4. The lowest BCUT2D eigenvalue weighted by molar-refractivity contribution is 0.404. The van der Waals surface area contributed by atoms with Gasteiger partial charge in [0, 0.05) is 23.2 Å². The Morgan fingerprint density at radius 2 is 1.94 bits per heavy atom. The number of hydrogen-bond donors (Lipinski definition) is 1. The molecule has 0 saturated heterocycles. The van der Waals surface area contributed by atoms with E-state index in [9.17, 15) is 8.78 Å². The highest BCUT2D eigenvalue weighted by Crippen LogP contribution is 2.34. The van der Waals surface area contributed by atoms with Crippen LogP contribution in [0.4, 0.5) is 14.5 Å². The van der Waals surface area contributed by atoms with E-state index in [0.29, 0.717) is 22.0 Å². The van der Waals surface area contributed by atoms with Crippen LogP contribution in [0.5, 0.6) is 11.5 Å². The van der Waals surface area contributed by atoms with Crippen molar-refractivity contribution in [1.82, 2.24) is 9.66 Å². The highest BCUT2D eigenvalue weighted by Gasteiger charge is 2.15. The molecule has 0 spiro atoms. The third-order valence-electron chi connectivity index (χ3n) is 4.43. The number of ether oxygens (including phenoxy) is 2. The van der Waals surface area contributed by atoms with Gasteiger partial charge in [-0.15, -0.1) is 11.3 Å². The number of thiazole rings is 1. The van der Waals surface area contributed by atoms with Crippen LogP contribution in [-0.4, -0.2) is 30.1 Å². The van der Waals surface area contributed by atoms with Crippen molar-refractivity contribution in [2.24, 2.45) is 10.1 Å². The predicted molar refractivity (Wildman–Crippen MR) is 116 cm³/mol. The van der Waals surface area contributed by atoms with Gasteiger partial charge in [-0.25, -0.2) is 18.4 Å². The molecule has 31 heavy (non-hydrogen) atoms. The number of aromatic nitrogens is 2. The molecule has 0 fully saturated rings. The molecule has 0 bridgehead atoms. The SMILES string of the molecule is COc1ccc(OC)c(-c2csc(=Nc3ccc(F)cc3F)n2N=Cc2ccc[nH]2)c1. The molecule has 0 aliphatic rings. The lowest BCUT2D eigenvalue weighted by Gasteiger charge is -2.11. The first kappa shape index (κ1) is 20.5. The molecule has 4 rings (SSSR count). The van der Waals surface area contributed by atoms with Crippen LogP contribution in [0.1, 0.15) is 5.69 Å². The van der Waals surface area contributed by atoms with Crippen LogP contribution >= 0.6 is 11.3 Å². The molecule has 0 atom stereocenters. The maximum Gasteiger partial charge on any atom is 0.211 e. The van der Waals surface area contributed by atoms with Crippen LogP contribution in [-0.2, 0) is 0 Å². The molecule has 9 heteroatoms. The number of nitrogens with one attached hydrogen (secondary N) is 1. The molecule has 0 unspecified atom stereocenters. The van der Waals surface area contributed by atoms with E-state index in [-0.39, 0.29) is 5.69 Å². The molecule has 158 valence electrons. The van der Waals surface area contributed by atoms with Gasteiger partial charge in [-0.1, -0.05) is 0 Å². The Morgan fingerprint density at radius 3 is 2.65 bits per heavy atom. The minimum atomic E-state index is -0.756. The topological polar surface area (TPSA) is 63.9 Å². The largest absolute Gasteiger partial charge is 0.497 e. The van der Waals surface area contributed by atoms with Gasteiger partial charge in [0.2, 0.25) is 4.80 Å². The van der Waals surface area contributed by atoms with E-state index in [1.54, 1.807) is 43.4 Å². The molecule has 0 radical (unpaired) electrons. The first-order valence-corrected chi connectivity index (χ1v) is 10.1. The summed E-state index contributed by atoms with van der Waals surface area (Å²) in [4.78, 5) is 7.81. The minimum Gasteiger partial charge on any atom is -0.497 e. The molecule has 6 nitrogen and oxygen atoms in total. The number of methoxy groups -OCH3 is 2. The van der Waals surface area contributed by atoms with Crippen molar-refractivity contribution < 1.29 is 18.3 Å². The summed E-state index contributed by atoms with van der Waals surface area (Å²) in [5.74, 6) is -0.164. The second-order valence-electron chi connectivity index (χ2n) is 6.36. The zero-order valence-electron chi connectivity index (χ0n) is 16.7. The van der Waals surface area contributed by atoms with Gasteiger partial charge >= 0.3 is 0 Å². The predicted octanol–water partition coefficient (Wildman–Crippen LogP) is 4.95. The normalized spacial score (nSPS) is 11.9. The molecular weight excluding hydrogens is 422 g/mol. The molecule has 0 aliphatic heterocycles. The summed E-state index contributed by atoms with van der Waals surface area (Å²) in [6.45, 7) is 0. The van der Waals surface area contributed by atoms with Crippen LogP contribution < -0.4 is 14.3 Å². The lowest BCUT2D eigenvalue weighted by Crippen LogP contribution is -2.12. The molecule has 0 saturated carbocycles. The number of H-pyrrole nitrogens is 1. The average Bonchev–Trinajstić information content (AvgIpc) is 3.43. The highest BCUT2D eigenvalue weighted by atomic mass is 32.1. The summed E-state index contributed by atoms with van der Waals surface area (Å²) < 4.78 is 39.9. The number of benzene rings is 2. The first-order chi connectivity index (χ1) is 15.1. The molecule has 0 aliphatic carbocycles. The van der Waals surface area contributed by atoms with Crippen LogP contribution in [0.15, 0.2) is 70.2 Å². The van der Waals surface area contributed by atoms with E-state index in [2.05, 4.69) is 15.1 Å². The van der Waals surface area contributed by atoms with Crippen molar-refractivity contribution in [3.05, 3.63) is 82.2 Å². The van der Waals surface area contributed by atoms with E-state index < -0.39 is 11.6 Å². The fourth-order valence-electron chi connectivity index (χ4n) is 2.91. The number of nitrogens with zero attached hydrogens (tertiary/aromatic N) is 3. The molecule has 2 aromatic carbocycles. The fourth-order valence-corrected chi connectivity index (χ4v) is 3.75. The second-order valence-corrected chi connectivity index (χ2v) is 7.20. The molecule has 0 amide bonds. The highest BCUT2D eigenvalue weighted by molar-refractivity contribution is 7.07. The summed E-state index contributed by atoms with van der Waals surface area (Å²) in [5.41, 5.74) is 2.19. The Morgan fingerprint density at radius 1 is 1.06 bits per heavy atom. The molecule has 4 aromatic rings.